The molecular weight excluding hydrogens is 414 g/mol. The predicted molar refractivity (Wildman–Crippen MR) is 116 cm³/mol. The number of hydrogen-bond donors (Lipinski definition) is 2. The van der Waals surface area contributed by atoms with Gasteiger partial charge in [-0.2, -0.15) is 0 Å². The Bertz CT molecular complexity index is 1120. The number of hydrogen-bond acceptors (Lipinski definition) is 7. The Labute approximate surface area is 183 Å². The first kappa shape index (κ1) is 21.0. The number of carbonyl (C=O) groups excluding carboxylic acids is 2. The van der Waals surface area contributed by atoms with Gasteiger partial charge in [0.1, 0.15) is 5.69 Å². The Balaban J connectivity index is 1.29. The zero-order chi connectivity index (χ0) is 22.5. The molecule has 1 aliphatic heterocycles. The molecule has 2 N–H and O–H groups in total. The smallest absolute Gasteiger partial charge is 0.292 e. The largest absolute Gasteiger partial charge is 0.366 e. The number of benzene rings is 2. The van der Waals surface area contributed by atoms with Crippen molar-refractivity contribution in [3.05, 3.63) is 76.5 Å². The van der Waals surface area contributed by atoms with Gasteiger partial charge in [-0.15, -0.1) is 0 Å². The predicted octanol–water partition coefficient (Wildman–Crippen LogP) is 2.93. The van der Waals surface area contributed by atoms with Gasteiger partial charge in [0.15, 0.2) is 11.5 Å². The van der Waals surface area contributed by atoms with Crippen molar-refractivity contribution in [3.63, 3.8) is 0 Å². The lowest BCUT2D eigenvalue weighted by atomic mass is 9.95. The molecule has 1 saturated heterocycles. The zero-order valence-electron chi connectivity index (χ0n) is 17.1. The topological polar surface area (TPSA) is 131 Å². The van der Waals surface area contributed by atoms with E-state index >= 15 is 0 Å². The number of hydrazine groups is 1. The van der Waals surface area contributed by atoms with Crippen molar-refractivity contribution in [1.29, 1.82) is 0 Å². The molecule has 1 fully saturated rings. The second-order valence-electron chi connectivity index (χ2n) is 7.39. The first-order valence-corrected chi connectivity index (χ1v) is 10.1. The van der Waals surface area contributed by atoms with E-state index in [4.69, 9.17) is 4.52 Å². The van der Waals surface area contributed by atoms with Crippen LogP contribution in [0.5, 0.6) is 0 Å². The summed E-state index contributed by atoms with van der Waals surface area (Å²) >= 11 is 0. The molecule has 10 heteroatoms. The van der Waals surface area contributed by atoms with Gasteiger partial charge in [0.05, 0.1) is 4.92 Å². The van der Waals surface area contributed by atoms with Crippen molar-refractivity contribution in [2.75, 3.05) is 18.0 Å². The SMILES string of the molecule is O=C(NNC(=O)C1CCN(c2ccccc2[N+](=O)[O-])CC1)c1cc(-c2ccccc2)on1. The third-order valence-corrected chi connectivity index (χ3v) is 5.39. The number of nitro benzene ring substituents is 1. The second kappa shape index (κ2) is 9.29. The highest BCUT2D eigenvalue weighted by atomic mass is 16.6. The molecule has 2 heterocycles. The van der Waals surface area contributed by atoms with Gasteiger partial charge in [-0.3, -0.25) is 30.6 Å². The molecule has 0 saturated carbocycles. The lowest BCUT2D eigenvalue weighted by Crippen LogP contribution is -2.47. The first-order valence-electron chi connectivity index (χ1n) is 10.1. The average Bonchev–Trinajstić information content (AvgIpc) is 3.33. The van der Waals surface area contributed by atoms with Gasteiger partial charge in [-0.05, 0) is 18.9 Å². The van der Waals surface area contributed by atoms with E-state index in [1.54, 1.807) is 18.2 Å². The van der Waals surface area contributed by atoms with Crippen LogP contribution in [0.15, 0.2) is 65.2 Å². The molecule has 10 nitrogen and oxygen atoms in total. The van der Waals surface area contributed by atoms with E-state index in [1.165, 1.54) is 12.1 Å². The Morgan fingerprint density at radius 2 is 1.72 bits per heavy atom. The number of anilines is 1. The maximum absolute atomic E-state index is 12.5. The van der Waals surface area contributed by atoms with Crippen LogP contribution in [0.3, 0.4) is 0 Å². The van der Waals surface area contributed by atoms with Crippen LogP contribution in [-0.2, 0) is 4.79 Å². The molecule has 1 aromatic heterocycles. The highest BCUT2D eigenvalue weighted by Crippen LogP contribution is 2.31. The lowest BCUT2D eigenvalue weighted by molar-refractivity contribution is -0.384. The minimum absolute atomic E-state index is 0.0464. The van der Waals surface area contributed by atoms with Crippen molar-refractivity contribution >= 4 is 23.2 Å². The summed E-state index contributed by atoms with van der Waals surface area (Å²) in [6.07, 6.45) is 1.02. The zero-order valence-corrected chi connectivity index (χ0v) is 17.1. The van der Waals surface area contributed by atoms with Crippen LogP contribution in [0.25, 0.3) is 11.3 Å². The van der Waals surface area contributed by atoms with Crippen LogP contribution in [-0.4, -0.2) is 35.0 Å². The van der Waals surface area contributed by atoms with Gasteiger partial charge in [0.2, 0.25) is 5.91 Å². The lowest BCUT2D eigenvalue weighted by Gasteiger charge is -2.32. The number of carbonyl (C=O) groups is 2. The fourth-order valence-electron chi connectivity index (χ4n) is 3.67. The summed E-state index contributed by atoms with van der Waals surface area (Å²) in [6.45, 7) is 1.00. The minimum atomic E-state index is -0.582. The molecule has 2 aromatic carbocycles. The summed E-state index contributed by atoms with van der Waals surface area (Å²) in [7, 11) is 0. The molecule has 0 atom stereocenters. The summed E-state index contributed by atoms with van der Waals surface area (Å²) in [4.78, 5) is 37.5. The minimum Gasteiger partial charge on any atom is -0.366 e. The highest BCUT2D eigenvalue weighted by molar-refractivity contribution is 5.94. The van der Waals surface area contributed by atoms with Gasteiger partial charge >= 0.3 is 0 Å². The Morgan fingerprint density at radius 3 is 2.44 bits per heavy atom. The molecule has 0 spiro atoms. The van der Waals surface area contributed by atoms with Gasteiger partial charge in [-0.25, -0.2) is 0 Å². The summed E-state index contributed by atoms with van der Waals surface area (Å²) in [5.74, 6) is -0.759. The van der Waals surface area contributed by atoms with Crippen molar-refractivity contribution in [3.8, 4) is 11.3 Å². The van der Waals surface area contributed by atoms with Crippen molar-refractivity contribution < 1.29 is 19.0 Å². The molecule has 0 radical (unpaired) electrons. The fourth-order valence-corrected chi connectivity index (χ4v) is 3.67. The second-order valence-corrected chi connectivity index (χ2v) is 7.39. The normalized spacial score (nSPS) is 14.1. The summed E-state index contributed by atoms with van der Waals surface area (Å²) in [5, 5.41) is 15.0. The van der Waals surface area contributed by atoms with E-state index in [2.05, 4.69) is 16.0 Å². The van der Waals surface area contributed by atoms with Crippen LogP contribution < -0.4 is 15.8 Å². The van der Waals surface area contributed by atoms with Gasteiger partial charge in [-0.1, -0.05) is 47.6 Å². The molecule has 164 valence electrons. The number of piperidine rings is 1. The maximum Gasteiger partial charge on any atom is 0.292 e. The van der Waals surface area contributed by atoms with Crippen molar-refractivity contribution in [1.82, 2.24) is 16.0 Å². The first-order chi connectivity index (χ1) is 15.5. The van der Waals surface area contributed by atoms with E-state index in [-0.39, 0.29) is 23.2 Å². The molecule has 4 rings (SSSR count). The highest BCUT2D eigenvalue weighted by Gasteiger charge is 2.28. The average molecular weight is 435 g/mol. The maximum atomic E-state index is 12.5. The van der Waals surface area contributed by atoms with E-state index in [9.17, 15) is 19.7 Å². The Kier molecular flexibility index (Phi) is 6.11. The van der Waals surface area contributed by atoms with Crippen molar-refractivity contribution in [2.24, 2.45) is 5.92 Å². The number of nitro groups is 1. The van der Waals surface area contributed by atoms with Crippen LogP contribution in [0, 0.1) is 16.0 Å². The Hall–Kier alpha value is -4.21. The van der Waals surface area contributed by atoms with Crippen LogP contribution >= 0.6 is 0 Å². The van der Waals surface area contributed by atoms with Gasteiger partial charge in [0.25, 0.3) is 11.6 Å². The number of para-hydroxylation sites is 2. The summed E-state index contributed by atoms with van der Waals surface area (Å²) < 4.78 is 5.20. The Morgan fingerprint density at radius 1 is 1.03 bits per heavy atom. The van der Waals surface area contributed by atoms with Gasteiger partial charge in [0, 0.05) is 36.7 Å². The molecule has 0 unspecified atom stereocenters. The molecule has 3 aromatic rings. The molecule has 32 heavy (non-hydrogen) atoms. The monoisotopic (exact) mass is 435 g/mol. The molecule has 0 bridgehead atoms. The van der Waals surface area contributed by atoms with E-state index in [0.717, 1.165) is 5.56 Å². The molecule has 0 aliphatic carbocycles. The summed E-state index contributed by atoms with van der Waals surface area (Å²) in [6, 6.07) is 17.3. The van der Waals surface area contributed by atoms with E-state index in [1.807, 2.05) is 35.2 Å². The number of rotatable bonds is 5. The van der Waals surface area contributed by atoms with E-state index < -0.39 is 10.8 Å². The van der Waals surface area contributed by atoms with Crippen LogP contribution in [0.4, 0.5) is 11.4 Å². The fraction of sp³-hybridized carbons (Fsp3) is 0.227. The number of aromatic nitrogens is 1. The van der Waals surface area contributed by atoms with Crippen LogP contribution in [0.1, 0.15) is 23.3 Å². The quantitative estimate of drug-likeness (QED) is 0.465. The number of nitrogens with one attached hydrogen (secondary N) is 2. The summed E-state index contributed by atoms with van der Waals surface area (Å²) in [5.41, 5.74) is 6.23. The van der Waals surface area contributed by atoms with E-state index in [0.29, 0.717) is 37.4 Å². The van der Waals surface area contributed by atoms with Crippen molar-refractivity contribution in [2.45, 2.75) is 12.8 Å². The van der Waals surface area contributed by atoms with Crippen LogP contribution in [0.2, 0.25) is 0 Å². The molecular formula is C22H21N5O5. The number of amides is 2. The molecule has 2 amide bonds. The third-order valence-electron chi connectivity index (χ3n) is 5.39. The standard InChI is InChI=1S/C22H21N5O5/c28-21(16-10-12-26(13-11-16)18-8-4-5-9-19(18)27(30)31)23-24-22(29)17-14-20(32-25-17)15-6-2-1-3-7-15/h1-9,14,16H,10-13H2,(H,23,28)(H,24,29). The van der Waals surface area contributed by atoms with Gasteiger partial charge < -0.3 is 9.42 Å². The molecule has 1 aliphatic rings. The number of nitrogens with zero attached hydrogens (tertiary/aromatic N) is 3. The third kappa shape index (κ3) is 4.59.